The number of amides is 3. The number of carboxylic acid groups (broad SMARTS) is 1. The summed E-state index contributed by atoms with van der Waals surface area (Å²) in [6, 6.07) is 6.34. The molecule has 1 aromatic carbocycles. The van der Waals surface area contributed by atoms with Gasteiger partial charge in [-0.25, -0.2) is 4.79 Å². The van der Waals surface area contributed by atoms with Gasteiger partial charge in [0, 0.05) is 23.8 Å². The smallest absolute Gasteiger partial charge is 0.323 e. The van der Waals surface area contributed by atoms with Crippen LogP contribution in [0.25, 0.3) is 0 Å². The number of anilines is 1. The van der Waals surface area contributed by atoms with Crippen LogP contribution in [0.5, 0.6) is 0 Å². The zero-order chi connectivity index (χ0) is 19.9. The Morgan fingerprint density at radius 2 is 1.57 bits per heavy atom. The quantitative estimate of drug-likeness (QED) is 0.726. The predicted molar refractivity (Wildman–Crippen MR) is 104 cm³/mol. The number of nitrogens with zero attached hydrogens (tertiary/aromatic N) is 1. The van der Waals surface area contributed by atoms with Crippen molar-refractivity contribution >= 4 is 23.6 Å². The molecule has 4 bridgehead atoms. The van der Waals surface area contributed by atoms with Crippen LogP contribution in [-0.2, 0) is 4.79 Å². The van der Waals surface area contributed by atoms with Crippen molar-refractivity contribution in [1.29, 1.82) is 0 Å². The molecule has 7 nitrogen and oxygen atoms in total. The molecule has 0 saturated heterocycles. The molecule has 150 valence electrons. The van der Waals surface area contributed by atoms with Crippen LogP contribution >= 0.6 is 0 Å². The lowest BCUT2D eigenvalue weighted by molar-refractivity contribution is -0.137. The third-order valence-electron chi connectivity index (χ3n) is 6.53. The first kappa shape index (κ1) is 18.8. The van der Waals surface area contributed by atoms with Gasteiger partial charge in [0.25, 0.3) is 5.91 Å². The van der Waals surface area contributed by atoms with Crippen molar-refractivity contribution in [2.24, 2.45) is 17.8 Å². The summed E-state index contributed by atoms with van der Waals surface area (Å²) in [7, 11) is 1.45. The maximum atomic E-state index is 12.6. The summed E-state index contributed by atoms with van der Waals surface area (Å²) in [4.78, 5) is 36.7. The number of urea groups is 1. The Morgan fingerprint density at radius 3 is 2.07 bits per heavy atom. The number of hydrogen-bond donors (Lipinski definition) is 3. The first-order valence-corrected chi connectivity index (χ1v) is 9.98. The van der Waals surface area contributed by atoms with Crippen LogP contribution in [0.1, 0.15) is 48.9 Å². The Balaban J connectivity index is 1.35. The van der Waals surface area contributed by atoms with Gasteiger partial charge in [-0.15, -0.1) is 0 Å². The molecule has 4 saturated carbocycles. The van der Waals surface area contributed by atoms with Crippen molar-refractivity contribution < 1.29 is 19.5 Å². The Kier molecular flexibility index (Phi) is 4.77. The Bertz CT molecular complexity index is 754. The van der Waals surface area contributed by atoms with Gasteiger partial charge in [0.1, 0.15) is 6.54 Å². The molecule has 0 radical (unpaired) electrons. The second kappa shape index (κ2) is 7.11. The first-order chi connectivity index (χ1) is 13.3. The van der Waals surface area contributed by atoms with Gasteiger partial charge in [0.2, 0.25) is 0 Å². The second-order valence-corrected chi connectivity index (χ2v) is 8.91. The average molecular weight is 385 g/mol. The maximum absolute atomic E-state index is 12.6. The van der Waals surface area contributed by atoms with Crippen LogP contribution < -0.4 is 10.6 Å². The van der Waals surface area contributed by atoms with Gasteiger partial charge < -0.3 is 20.6 Å². The van der Waals surface area contributed by atoms with Crippen LogP contribution in [0.15, 0.2) is 24.3 Å². The molecule has 4 aliphatic carbocycles. The fourth-order valence-electron chi connectivity index (χ4n) is 5.86. The van der Waals surface area contributed by atoms with E-state index in [2.05, 4.69) is 10.6 Å². The molecule has 3 N–H and O–H groups in total. The van der Waals surface area contributed by atoms with Crippen molar-refractivity contribution in [1.82, 2.24) is 10.2 Å². The van der Waals surface area contributed by atoms with Gasteiger partial charge in [-0.1, -0.05) is 0 Å². The van der Waals surface area contributed by atoms with Crippen LogP contribution in [0, 0.1) is 17.8 Å². The zero-order valence-electron chi connectivity index (χ0n) is 16.1. The molecular weight excluding hydrogens is 358 g/mol. The van der Waals surface area contributed by atoms with E-state index in [0.717, 1.165) is 41.9 Å². The standard InChI is InChI=1S/C21H27N3O4/c1-24(12-18(25)26)19(27)16-2-4-17(5-3-16)22-20(28)23-21-9-13-6-14(10-21)8-15(7-13)11-21/h2-5,13-15H,6-12H2,1H3,(H,25,26)(H2,22,23,28). The topological polar surface area (TPSA) is 98.7 Å². The number of carbonyl (C=O) groups excluding carboxylic acids is 2. The lowest BCUT2D eigenvalue weighted by Crippen LogP contribution is -2.60. The highest BCUT2D eigenvalue weighted by Gasteiger charge is 2.51. The molecule has 7 heteroatoms. The van der Waals surface area contributed by atoms with Crippen LogP contribution in [-0.4, -0.2) is 47.0 Å². The fraction of sp³-hybridized carbons (Fsp3) is 0.571. The van der Waals surface area contributed by atoms with Gasteiger partial charge in [-0.2, -0.15) is 0 Å². The highest BCUT2D eigenvalue weighted by molar-refractivity contribution is 5.96. The molecule has 0 unspecified atom stereocenters. The average Bonchev–Trinajstić information content (AvgIpc) is 2.59. The summed E-state index contributed by atoms with van der Waals surface area (Å²) in [5.74, 6) is 0.862. The Hall–Kier alpha value is -2.57. The van der Waals surface area contributed by atoms with E-state index in [1.54, 1.807) is 24.3 Å². The molecule has 0 atom stereocenters. The number of likely N-dealkylation sites (N-methyl/N-ethyl adjacent to an activating group) is 1. The molecule has 28 heavy (non-hydrogen) atoms. The molecule has 0 spiro atoms. The summed E-state index contributed by atoms with van der Waals surface area (Å²) in [6.07, 6.45) is 7.26. The second-order valence-electron chi connectivity index (χ2n) is 8.91. The van der Waals surface area contributed by atoms with Gasteiger partial charge in [0.15, 0.2) is 0 Å². The first-order valence-electron chi connectivity index (χ1n) is 9.98. The van der Waals surface area contributed by atoms with Crippen molar-refractivity contribution in [3.63, 3.8) is 0 Å². The third kappa shape index (κ3) is 3.84. The molecular formula is C21H27N3O4. The largest absolute Gasteiger partial charge is 0.480 e. The number of hydrogen-bond acceptors (Lipinski definition) is 3. The lowest BCUT2D eigenvalue weighted by atomic mass is 9.53. The molecule has 1 aromatic rings. The van der Waals surface area contributed by atoms with Crippen molar-refractivity contribution in [2.45, 2.75) is 44.1 Å². The minimum atomic E-state index is -1.06. The predicted octanol–water partition coefficient (Wildman–Crippen LogP) is 2.93. The van der Waals surface area contributed by atoms with Crippen molar-refractivity contribution in [3.05, 3.63) is 29.8 Å². The monoisotopic (exact) mass is 385 g/mol. The molecule has 4 fully saturated rings. The van der Waals surface area contributed by atoms with Crippen molar-refractivity contribution in [3.8, 4) is 0 Å². The molecule has 3 amide bonds. The van der Waals surface area contributed by atoms with E-state index in [0.29, 0.717) is 11.3 Å². The fourth-order valence-corrected chi connectivity index (χ4v) is 5.86. The Morgan fingerprint density at radius 1 is 1.04 bits per heavy atom. The molecule has 4 aliphatic rings. The Labute approximate surface area is 164 Å². The van der Waals surface area contributed by atoms with Crippen LogP contribution in [0.3, 0.4) is 0 Å². The van der Waals surface area contributed by atoms with E-state index in [-0.39, 0.29) is 24.0 Å². The number of carbonyl (C=O) groups is 3. The number of rotatable bonds is 5. The highest BCUT2D eigenvalue weighted by Crippen LogP contribution is 2.55. The summed E-state index contributed by atoms with van der Waals surface area (Å²) >= 11 is 0. The summed E-state index contributed by atoms with van der Waals surface area (Å²) in [5.41, 5.74) is 0.948. The van der Waals surface area contributed by atoms with E-state index >= 15 is 0 Å². The summed E-state index contributed by atoms with van der Waals surface area (Å²) in [6.45, 7) is -0.355. The van der Waals surface area contributed by atoms with Crippen LogP contribution in [0.2, 0.25) is 0 Å². The minimum absolute atomic E-state index is 0.0473. The molecule has 0 heterocycles. The SMILES string of the molecule is CN(CC(=O)O)C(=O)c1ccc(NC(=O)NC23CC4CC(CC(C4)C2)C3)cc1. The number of nitrogens with one attached hydrogen (secondary N) is 2. The number of carboxylic acids is 1. The number of benzene rings is 1. The third-order valence-corrected chi connectivity index (χ3v) is 6.53. The maximum Gasteiger partial charge on any atom is 0.323 e. The summed E-state index contributed by atoms with van der Waals surface area (Å²) in [5, 5.41) is 14.9. The van der Waals surface area contributed by atoms with E-state index < -0.39 is 5.97 Å². The minimum Gasteiger partial charge on any atom is -0.480 e. The lowest BCUT2D eigenvalue weighted by Gasteiger charge is -2.56. The molecule has 5 rings (SSSR count). The van der Waals surface area contributed by atoms with Gasteiger partial charge >= 0.3 is 12.0 Å². The molecule has 0 aromatic heterocycles. The van der Waals surface area contributed by atoms with E-state index in [1.807, 2.05) is 0 Å². The van der Waals surface area contributed by atoms with Crippen molar-refractivity contribution in [2.75, 3.05) is 18.9 Å². The summed E-state index contributed by atoms with van der Waals surface area (Å²) < 4.78 is 0. The van der Waals surface area contributed by atoms with E-state index in [9.17, 15) is 14.4 Å². The zero-order valence-corrected chi connectivity index (χ0v) is 16.1. The van der Waals surface area contributed by atoms with E-state index in [1.165, 1.54) is 26.3 Å². The van der Waals surface area contributed by atoms with Gasteiger partial charge in [-0.05, 0) is 80.5 Å². The normalized spacial score (nSPS) is 30.0. The van der Waals surface area contributed by atoms with Gasteiger partial charge in [0.05, 0.1) is 0 Å². The van der Waals surface area contributed by atoms with Gasteiger partial charge in [-0.3, -0.25) is 9.59 Å². The molecule has 0 aliphatic heterocycles. The van der Waals surface area contributed by atoms with Crippen LogP contribution in [0.4, 0.5) is 10.5 Å². The highest BCUT2D eigenvalue weighted by atomic mass is 16.4. The van der Waals surface area contributed by atoms with E-state index in [4.69, 9.17) is 5.11 Å². The number of aliphatic carboxylic acids is 1.